The van der Waals surface area contributed by atoms with Crippen LogP contribution in [-0.2, 0) is 4.79 Å². The van der Waals surface area contributed by atoms with Gasteiger partial charge in [-0.05, 0) is 24.6 Å². The number of hydrogen-bond donors (Lipinski definition) is 4. The third-order valence-electron chi connectivity index (χ3n) is 2.90. The first-order valence-corrected chi connectivity index (χ1v) is 5.72. The van der Waals surface area contributed by atoms with Crippen molar-refractivity contribution >= 4 is 23.3 Å². The largest absolute Gasteiger partial charge is 0.478 e. The lowest BCUT2D eigenvalue weighted by molar-refractivity contribution is -0.122. The lowest BCUT2D eigenvalue weighted by Crippen LogP contribution is -2.42. The van der Waals surface area contributed by atoms with Crippen LogP contribution in [0.15, 0.2) is 18.2 Å². The van der Waals surface area contributed by atoms with Gasteiger partial charge in [-0.25, -0.2) is 4.79 Å². The van der Waals surface area contributed by atoms with E-state index in [1.54, 1.807) is 12.1 Å². The molecule has 1 amide bonds. The molecule has 1 atom stereocenters. The topological polar surface area (TPSA) is 104 Å². The number of benzene rings is 1. The number of nitrogens with two attached hydrogens (primary N) is 1. The molecule has 0 spiro atoms. The summed E-state index contributed by atoms with van der Waals surface area (Å²) in [7, 11) is 0. The number of carboxylic acid groups (broad SMARTS) is 1. The van der Waals surface area contributed by atoms with Crippen LogP contribution in [0.3, 0.4) is 0 Å². The van der Waals surface area contributed by atoms with Crippen molar-refractivity contribution in [3.63, 3.8) is 0 Å². The van der Waals surface area contributed by atoms with Gasteiger partial charge in [0.15, 0.2) is 0 Å². The first-order valence-electron chi connectivity index (χ1n) is 5.72. The monoisotopic (exact) mass is 249 g/mol. The van der Waals surface area contributed by atoms with Gasteiger partial charge < -0.3 is 21.5 Å². The summed E-state index contributed by atoms with van der Waals surface area (Å²) in [6, 6.07) is 4.77. The zero-order valence-corrected chi connectivity index (χ0v) is 9.77. The summed E-state index contributed by atoms with van der Waals surface area (Å²) in [4.78, 5) is 22.1. The lowest BCUT2D eigenvalue weighted by Gasteiger charge is -2.25. The van der Waals surface area contributed by atoms with E-state index in [4.69, 9.17) is 10.8 Å². The second-order valence-corrected chi connectivity index (χ2v) is 4.29. The number of amides is 1. The Morgan fingerprint density at radius 1 is 1.50 bits per heavy atom. The Kier molecular flexibility index (Phi) is 3.36. The molecule has 96 valence electrons. The van der Waals surface area contributed by atoms with Crippen LogP contribution < -0.4 is 16.4 Å². The highest BCUT2D eigenvalue weighted by molar-refractivity contribution is 5.95. The number of carbonyl (C=O) groups is 2. The van der Waals surface area contributed by atoms with Gasteiger partial charge in [0.05, 0.1) is 5.56 Å². The average Bonchev–Trinajstić information content (AvgIpc) is 2.34. The zero-order valence-electron chi connectivity index (χ0n) is 9.77. The molecule has 1 aliphatic rings. The summed E-state index contributed by atoms with van der Waals surface area (Å²) >= 11 is 0. The second-order valence-electron chi connectivity index (χ2n) is 4.29. The Balaban J connectivity index is 2.13. The van der Waals surface area contributed by atoms with Gasteiger partial charge in [0, 0.05) is 30.4 Å². The van der Waals surface area contributed by atoms with Crippen molar-refractivity contribution in [2.45, 2.75) is 18.9 Å². The van der Waals surface area contributed by atoms with Crippen LogP contribution in [0.4, 0.5) is 11.4 Å². The molecular weight excluding hydrogens is 234 g/mol. The molecule has 1 heterocycles. The molecule has 1 saturated heterocycles. The van der Waals surface area contributed by atoms with Gasteiger partial charge in [-0.2, -0.15) is 0 Å². The maximum absolute atomic E-state index is 11.1. The van der Waals surface area contributed by atoms with Gasteiger partial charge in [-0.1, -0.05) is 0 Å². The fourth-order valence-corrected chi connectivity index (χ4v) is 1.94. The molecule has 6 heteroatoms. The third kappa shape index (κ3) is 2.71. The van der Waals surface area contributed by atoms with Gasteiger partial charge in [-0.15, -0.1) is 0 Å². The van der Waals surface area contributed by atoms with Gasteiger partial charge >= 0.3 is 5.97 Å². The molecule has 0 aliphatic carbocycles. The zero-order chi connectivity index (χ0) is 13.1. The molecule has 1 fully saturated rings. The minimum atomic E-state index is -1.02. The van der Waals surface area contributed by atoms with E-state index >= 15 is 0 Å². The maximum Gasteiger partial charge on any atom is 0.337 e. The van der Waals surface area contributed by atoms with Gasteiger partial charge in [-0.3, -0.25) is 4.79 Å². The van der Waals surface area contributed by atoms with E-state index in [1.807, 2.05) is 0 Å². The fraction of sp³-hybridized carbons (Fsp3) is 0.333. The van der Waals surface area contributed by atoms with Crippen LogP contribution in [0.5, 0.6) is 0 Å². The van der Waals surface area contributed by atoms with Crippen LogP contribution in [0.25, 0.3) is 0 Å². The van der Waals surface area contributed by atoms with Gasteiger partial charge in [0.25, 0.3) is 0 Å². The average molecular weight is 249 g/mol. The number of piperidine rings is 1. The molecule has 5 N–H and O–H groups in total. The smallest absolute Gasteiger partial charge is 0.337 e. The van der Waals surface area contributed by atoms with Crippen LogP contribution in [0.2, 0.25) is 0 Å². The van der Waals surface area contributed by atoms with E-state index in [9.17, 15) is 9.59 Å². The molecule has 2 rings (SSSR count). The molecular formula is C12H15N3O3. The molecule has 0 radical (unpaired) electrons. The van der Waals surface area contributed by atoms with E-state index in [0.29, 0.717) is 30.8 Å². The number of nitrogens with one attached hydrogen (secondary N) is 2. The summed E-state index contributed by atoms with van der Waals surface area (Å²) in [5.41, 5.74) is 6.65. The molecule has 18 heavy (non-hydrogen) atoms. The number of carboxylic acids is 1. The molecule has 1 aromatic rings. The van der Waals surface area contributed by atoms with E-state index in [-0.39, 0.29) is 17.5 Å². The van der Waals surface area contributed by atoms with E-state index < -0.39 is 5.97 Å². The molecule has 0 aromatic heterocycles. The predicted molar refractivity (Wildman–Crippen MR) is 67.5 cm³/mol. The minimum absolute atomic E-state index is 0.0313. The lowest BCUT2D eigenvalue weighted by atomic mass is 10.1. The molecule has 0 saturated carbocycles. The summed E-state index contributed by atoms with van der Waals surface area (Å²) in [5, 5.41) is 15.0. The number of aromatic carboxylic acids is 1. The quantitative estimate of drug-likeness (QED) is 0.589. The number of carbonyl (C=O) groups excluding carboxylic acids is 1. The third-order valence-corrected chi connectivity index (χ3v) is 2.90. The van der Waals surface area contributed by atoms with Crippen molar-refractivity contribution in [2.24, 2.45) is 0 Å². The van der Waals surface area contributed by atoms with E-state index in [1.165, 1.54) is 6.07 Å². The van der Waals surface area contributed by atoms with Crippen LogP contribution >= 0.6 is 0 Å². The van der Waals surface area contributed by atoms with E-state index in [0.717, 1.165) is 0 Å². The molecule has 1 aliphatic heterocycles. The molecule has 6 nitrogen and oxygen atoms in total. The Bertz CT molecular complexity index is 477. The van der Waals surface area contributed by atoms with Crippen molar-refractivity contribution in [3.8, 4) is 0 Å². The summed E-state index contributed by atoms with van der Waals surface area (Å²) in [6.07, 6.45) is 1.14. The SMILES string of the molecule is Nc1ccc(NC2CCC(=O)NC2)c(C(=O)O)c1. The Hall–Kier alpha value is -2.24. The normalized spacial score (nSPS) is 19.1. The molecule has 0 bridgehead atoms. The van der Waals surface area contributed by atoms with Crippen molar-refractivity contribution in [3.05, 3.63) is 23.8 Å². The number of hydrogen-bond acceptors (Lipinski definition) is 4. The Morgan fingerprint density at radius 2 is 2.28 bits per heavy atom. The van der Waals surface area contributed by atoms with Crippen molar-refractivity contribution < 1.29 is 14.7 Å². The number of anilines is 2. The van der Waals surface area contributed by atoms with Crippen LogP contribution in [-0.4, -0.2) is 29.6 Å². The highest BCUT2D eigenvalue weighted by Crippen LogP contribution is 2.21. The fourth-order valence-electron chi connectivity index (χ4n) is 1.94. The van der Waals surface area contributed by atoms with Crippen molar-refractivity contribution in [1.82, 2.24) is 5.32 Å². The van der Waals surface area contributed by atoms with Crippen molar-refractivity contribution in [2.75, 3.05) is 17.6 Å². The van der Waals surface area contributed by atoms with Crippen molar-refractivity contribution in [1.29, 1.82) is 0 Å². The highest BCUT2D eigenvalue weighted by atomic mass is 16.4. The molecule has 1 aromatic carbocycles. The van der Waals surface area contributed by atoms with Crippen LogP contribution in [0, 0.1) is 0 Å². The Labute approximate surface area is 104 Å². The highest BCUT2D eigenvalue weighted by Gasteiger charge is 2.19. The Morgan fingerprint density at radius 3 is 2.89 bits per heavy atom. The van der Waals surface area contributed by atoms with Crippen LogP contribution in [0.1, 0.15) is 23.2 Å². The maximum atomic E-state index is 11.1. The predicted octanol–water partition coefficient (Wildman–Crippen LogP) is 0.657. The summed E-state index contributed by atoms with van der Waals surface area (Å²) in [5.74, 6) is -0.992. The molecule has 1 unspecified atom stereocenters. The first-order chi connectivity index (χ1) is 8.56. The number of rotatable bonds is 3. The number of nitrogen functional groups attached to an aromatic ring is 1. The second kappa shape index (κ2) is 4.95. The van der Waals surface area contributed by atoms with Gasteiger partial charge in [0.1, 0.15) is 0 Å². The first kappa shape index (κ1) is 12.2. The van der Waals surface area contributed by atoms with Gasteiger partial charge in [0.2, 0.25) is 5.91 Å². The summed E-state index contributed by atoms with van der Waals surface area (Å²) < 4.78 is 0. The van der Waals surface area contributed by atoms with E-state index in [2.05, 4.69) is 10.6 Å². The minimum Gasteiger partial charge on any atom is -0.478 e. The standard InChI is InChI=1S/C12H15N3O3/c13-7-1-3-10(9(5-7)12(17)18)15-8-2-4-11(16)14-6-8/h1,3,5,8,15H,2,4,6,13H2,(H,14,16)(H,17,18). The summed E-state index contributed by atoms with van der Waals surface area (Å²) in [6.45, 7) is 0.502.